The number of esters is 1. The Morgan fingerprint density at radius 1 is 1.10 bits per heavy atom. The minimum Gasteiger partial charge on any atom is -0.465 e. The number of non-ortho nitro benzene ring substituents is 1. The third-order valence-corrected chi connectivity index (χ3v) is 4.72. The van der Waals surface area contributed by atoms with Crippen LogP contribution in [0.4, 0.5) is 21.5 Å². The van der Waals surface area contributed by atoms with E-state index in [-0.39, 0.29) is 16.7 Å². The number of rotatable bonds is 6. The van der Waals surface area contributed by atoms with Crippen molar-refractivity contribution >= 4 is 34.1 Å². The van der Waals surface area contributed by atoms with Gasteiger partial charge in [0.2, 0.25) is 5.52 Å². The zero-order valence-corrected chi connectivity index (χ0v) is 16.2. The van der Waals surface area contributed by atoms with Crippen molar-refractivity contribution in [2.24, 2.45) is 0 Å². The summed E-state index contributed by atoms with van der Waals surface area (Å²) in [7, 11) is 1.29. The second-order valence-electron chi connectivity index (χ2n) is 6.56. The molecule has 0 atom stereocenters. The quantitative estimate of drug-likeness (QED) is 0.267. The van der Waals surface area contributed by atoms with Gasteiger partial charge in [0.05, 0.1) is 23.3 Å². The summed E-state index contributed by atoms with van der Waals surface area (Å²) in [6.45, 7) is -0.590. The predicted molar refractivity (Wildman–Crippen MR) is 110 cm³/mol. The SMILES string of the molecule is COC(=O)c1ccc(Nc2ccc([N+](=O)[O-])c3nonc23)c(-c2ccc(CF)cc2)c1. The van der Waals surface area contributed by atoms with Crippen LogP contribution in [0.5, 0.6) is 0 Å². The Morgan fingerprint density at radius 3 is 2.48 bits per heavy atom. The smallest absolute Gasteiger partial charge is 0.337 e. The number of aromatic nitrogens is 2. The van der Waals surface area contributed by atoms with Gasteiger partial charge in [-0.05, 0) is 45.7 Å². The maximum atomic E-state index is 12.9. The molecule has 0 radical (unpaired) electrons. The highest BCUT2D eigenvalue weighted by atomic mass is 19.1. The summed E-state index contributed by atoms with van der Waals surface area (Å²) in [5, 5.41) is 21.8. The van der Waals surface area contributed by atoms with Crippen LogP contribution < -0.4 is 5.32 Å². The number of alkyl halides is 1. The van der Waals surface area contributed by atoms with Gasteiger partial charge in [0, 0.05) is 17.3 Å². The molecule has 0 fully saturated rings. The molecule has 4 rings (SSSR count). The summed E-state index contributed by atoms with van der Waals surface area (Å²) in [6, 6.07) is 14.5. The van der Waals surface area contributed by atoms with E-state index in [9.17, 15) is 19.3 Å². The number of ether oxygens (including phenoxy) is 1. The topological polar surface area (TPSA) is 120 Å². The molecule has 0 aliphatic carbocycles. The van der Waals surface area contributed by atoms with Crippen molar-refractivity contribution in [1.29, 1.82) is 0 Å². The number of hydrogen-bond donors (Lipinski definition) is 1. The molecule has 0 saturated heterocycles. The average Bonchev–Trinajstić information content (AvgIpc) is 3.29. The fraction of sp³-hybridized carbons (Fsp3) is 0.0952. The van der Waals surface area contributed by atoms with E-state index in [1.54, 1.807) is 42.5 Å². The fourth-order valence-corrected chi connectivity index (χ4v) is 3.16. The Bertz CT molecular complexity index is 1290. The predicted octanol–water partition coefficient (Wildman–Crippen LogP) is 4.80. The van der Waals surface area contributed by atoms with Crippen LogP contribution in [-0.2, 0) is 11.4 Å². The van der Waals surface area contributed by atoms with Crippen LogP contribution in [0.25, 0.3) is 22.2 Å². The van der Waals surface area contributed by atoms with Crippen molar-refractivity contribution in [3.05, 3.63) is 75.8 Å². The normalized spacial score (nSPS) is 10.8. The van der Waals surface area contributed by atoms with Crippen molar-refractivity contribution in [3.8, 4) is 11.1 Å². The van der Waals surface area contributed by atoms with Crippen LogP contribution in [0, 0.1) is 10.1 Å². The van der Waals surface area contributed by atoms with Crippen molar-refractivity contribution in [2.75, 3.05) is 12.4 Å². The van der Waals surface area contributed by atoms with E-state index >= 15 is 0 Å². The summed E-state index contributed by atoms with van der Waals surface area (Å²) in [5.41, 5.74) is 3.18. The van der Waals surface area contributed by atoms with Crippen LogP contribution in [-0.4, -0.2) is 28.3 Å². The molecule has 0 unspecified atom stereocenters. The zero-order chi connectivity index (χ0) is 22.0. The van der Waals surface area contributed by atoms with E-state index in [1.807, 2.05) is 0 Å². The monoisotopic (exact) mass is 422 g/mol. The minimum absolute atomic E-state index is 0.00929. The van der Waals surface area contributed by atoms with Gasteiger partial charge in [-0.25, -0.2) is 13.8 Å². The van der Waals surface area contributed by atoms with Gasteiger partial charge < -0.3 is 10.1 Å². The van der Waals surface area contributed by atoms with E-state index in [0.717, 1.165) is 5.56 Å². The fourth-order valence-electron chi connectivity index (χ4n) is 3.16. The van der Waals surface area contributed by atoms with Crippen LogP contribution in [0.2, 0.25) is 0 Å². The lowest BCUT2D eigenvalue weighted by Gasteiger charge is -2.14. The van der Waals surface area contributed by atoms with Crippen LogP contribution in [0.1, 0.15) is 15.9 Å². The van der Waals surface area contributed by atoms with Crippen LogP contribution in [0.15, 0.2) is 59.2 Å². The number of anilines is 2. The molecule has 0 bridgehead atoms. The highest BCUT2D eigenvalue weighted by Gasteiger charge is 2.20. The number of nitro benzene ring substituents is 1. The lowest BCUT2D eigenvalue weighted by Crippen LogP contribution is -2.03. The molecule has 3 aromatic carbocycles. The molecular formula is C21H15FN4O5. The minimum atomic E-state index is -0.590. The number of nitrogens with one attached hydrogen (secondary N) is 1. The summed E-state index contributed by atoms with van der Waals surface area (Å²) >= 11 is 0. The maximum Gasteiger partial charge on any atom is 0.337 e. The van der Waals surface area contributed by atoms with Gasteiger partial charge in [-0.1, -0.05) is 24.3 Å². The van der Waals surface area contributed by atoms with Gasteiger partial charge in [0.1, 0.15) is 6.67 Å². The van der Waals surface area contributed by atoms with E-state index in [0.29, 0.717) is 28.1 Å². The first-order valence-electron chi connectivity index (χ1n) is 9.06. The van der Waals surface area contributed by atoms with Crippen LogP contribution in [0.3, 0.4) is 0 Å². The molecule has 0 aliphatic rings. The van der Waals surface area contributed by atoms with E-state index in [4.69, 9.17) is 9.37 Å². The molecule has 0 aliphatic heterocycles. The van der Waals surface area contributed by atoms with Crippen molar-refractivity contribution < 1.29 is 23.5 Å². The van der Waals surface area contributed by atoms with Gasteiger partial charge in [0.15, 0.2) is 5.52 Å². The first kappa shape index (κ1) is 20.0. The standard InChI is InChI=1S/C21H15FN4O5/c1-30-21(27)14-6-7-16(15(10-14)13-4-2-12(11-22)3-5-13)23-17-8-9-18(26(28)29)20-19(17)24-31-25-20/h2-10,23H,11H2,1H3. The molecule has 1 N–H and O–H groups in total. The van der Waals surface area contributed by atoms with Gasteiger partial charge in [0.25, 0.3) is 0 Å². The van der Waals surface area contributed by atoms with Crippen LogP contribution >= 0.6 is 0 Å². The Labute approximate surface area is 174 Å². The molecule has 0 saturated carbocycles. The van der Waals surface area contributed by atoms with E-state index in [2.05, 4.69) is 15.6 Å². The summed E-state index contributed by atoms with van der Waals surface area (Å²) in [4.78, 5) is 22.7. The summed E-state index contributed by atoms with van der Waals surface area (Å²) < 4.78 is 22.4. The largest absolute Gasteiger partial charge is 0.465 e. The number of hydrogen-bond acceptors (Lipinski definition) is 8. The van der Waals surface area contributed by atoms with Gasteiger partial charge in [-0.15, -0.1) is 0 Å². The Kier molecular flexibility index (Phi) is 5.27. The maximum absolute atomic E-state index is 12.9. The molecule has 156 valence electrons. The van der Waals surface area contributed by atoms with Gasteiger partial charge in [-0.3, -0.25) is 10.1 Å². The van der Waals surface area contributed by atoms with Crippen molar-refractivity contribution in [1.82, 2.24) is 10.3 Å². The van der Waals surface area contributed by atoms with Crippen molar-refractivity contribution in [3.63, 3.8) is 0 Å². The zero-order valence-electron chi connectivity index (χ0n) is 16.2. The number of halogens is 1. The first-order valence-corrected chi connectivity index (χ1v) is 9.06. The lowest BCUT2D eigenvalue weighted by atomic mass is 9.99. The third-order valence-electron chi connectivity index (χ3n) is 4.72. The Hall–Kier alpha value is -4.34. The number of fused-ring (bicyclic) bond motifs is 1. The Balaban J connectivity index is 1.82. The third kappa shape index (κ3) is 3.78. The highest BCUT2D eigenvalue weighted by Crippen LogP contribution is 2.35. The molecule has 9 nitrogen and oxygen atoms in total. The number of benzene rings is 3. The molecule has 1 heterocycles. The number of nitrogens with zero attached hydrogens (tertiary/aromatic N) is 3. The number of nitro groups is 1. The second kappa shape index (κ2) is 8.19. The first-order chi connectivity index (χ1) is 15.0. The molecule has 0 amide bonds. The lowest BCUT2D eigenvalue weighted by molar-refractivity contribution is -0.383. The van der Waals surface area contributed by atoms with Gasteiger partial charge >= 0.3 is 11.7 Å². The molecule has 1 aromatic heterocycles. The highest BCUT2D eigenvalue weighted by molar-refractivity contribution is 5.98. The van der Waals surface area contributed by atoms with E-state index in [1.165, 1.54) is 19.2 Å². The van der Waals surface area contributed by atoms with E-state index < -0.39 is 17.6 Å². The Morgan fingerprint density at radius 2 is 1.81 bits per heavy atom. The molecule has 10 heteroatoms. The molecule has 0 spiro atoms. The molecule has 31 heavy (non-hydrogen) atoms. The average molecular weight is 422 g/mol. The number of methoxy groups -OCH3 is 1. The second-order valence-corrected chi connectivity index (χ2v) is 6.56. The summed E-state index contributed by atoms with van der Waals surface area (Å²) in [5.74, 6) is -0.508. The van der Waals surface area contributed by atoms with Crippen molar-refractivity contribution in [2.45, 2.75) is 6.67 Å². The molecular weight excluding hydrogens is 407 g/mol. The number of carbonyl (C=O) groups is 1. The van der Waals surface area contributed by atoms with Gasteiger partial charge in [-0.2, -0.15) is 0 Å². The molecule has 4 aromatic rings. The number of carbonyl (C=O) groups excluding carboxylic acids is 1. The summed E-state index contributed by atoms with van der Waals surface area (Å²) in [6.07, 6.45) is 0.